The first-order valence-corrected chi connectivity index (χ1v) is 6.24. The van der Waals surface area contributed by atoms with Crippen LogP contribution in [-0.4, -0.2) is 27.7 Å². The lowest BCUT2D eigenvalue weighted by Gasteiger charge is -2.07. The van der Waals surface area contributed by atoms with Gasteiger partial charge in [-0.25, -0.2) is 14.8 Å². The molecule has 1 aromatic carbocycles. The van der Waals surface area contributed by atoms with Crippen LogP contribution in [0, 0.1) is 0 Å². The van der Waals surface area contributed by atoms with E-state index in [1.807, 2.05) is 6.92 Å². The fraction of sp³-hybridized carbons (Fsp3) is 0.214. The first-order valence-electron chi connectivity index (χ1n) is 6.24. The minimum absolute atomic E-state index is 0.241. The Morgan fingerprint density at radius 2 is 2.05 bits per heavy atom. The van der Waals surface area contributed by atoms with Gasteiger partial charge in [-0.2, -0.15) is 0 Å². The van der Waals surface area contributed by atoms with Crippen molar-refractivity contribution in [2.24, 2.45) is 0 Å². The van der Waals surface area contributed by atoms with Crippen LogP contribution in [0.2, 0.25) is 0 Å². The van der Waals surface area contributed by atoms with Gasteiger partial charge in [-0.15, -0.1) is 0 Å². The van der Waals surface area contributed by atoms with Crippen molar-refractivity contribution >= 4 is 17.5 Å². The number of nitrogens with zero attached hydrogens (tertiary/aromatic N) is 2. The van der Waals surface area contributed by atoms with Crippen LogP contribution < -0.4 is 10.1 Å². The second-order valence-electron chi connectivity index (χ2n) is 4.10. The number of carboxylic acid groups (broad SMARTS) is 1. The molecule has 0 bridgehead atoms. The molecule has 0 fully saturated rings. The summed E-state index contributed by atoms with van der Waals surface area (Å²) >= 11 is 0. The molecular weight excluding hydrogens is 258 g/mol. The average molecular weight is 273 g/mol. The van der Waals surface area contributed by atoms with E-state index in [0.717, 1.165) is 12.1 Å². The summed E-state index contributed by atoms with van der Waals surface area (Å²) in [5.74, 6) is 0.148. The summed E-state index contributed by atoms with van der Waals surface area (Å²) in [6.45, 7) is 2.62. The Morgan fingerprint density at radius 1 is 1.30 bits per heavy atom. The molecular formula is C14H15N3O3. The number of ether oxygens (including phenoxy) is 1. The van der Waals surface area contributed by atoms with Crippen LogP contribution in [0.3, 0.4) is 0 Å². The summed E-state index contributed by atoms with van der Waals surface area (Å²) in [4.78, 5) is 18.8. The molecule has 0 saturated carbocycles. The second-order valence-corrected chi connectivity index (χ2v) is 4.10. The van der Waals surface area contributed by atoms with Crippen LogP contribution in [0.5, 0.6) is 5.88 Å². The van der Waals surface area contributed by atoms with E-state index in [2.05, 4.69) is 15.3 Å². The molecule has 0 unspecified atom stereocenters. The summed E-state index contributed by atoms with van der Waals surface area (Å²) in [5, 5.41) is 11.9. The van der Waals surface area contributed by atoms with Crippen LogP contribution >= 0.6 is 0 Å². The smallest absolute Gasteiger partial charge is 0.335 e. The van der Waals surface area contributed by atoms with Crippen molar-refractivity contribution in [2.45, 2.75) is 13.3 Å². The highest BCUT2D eigenvalue weighted by molar-refractivity contribution is 5.88. The molecule has 2 rings (SSSR count). The zero-order chi connectivity index (χ0) is 14.4. The Labute approximate surface area is 116 Å². The number of anilines is 2. The molecule has 2 N–H and O–H groups in total. The molecule has 2 aromatic rings. The van der Waals surface area contributed by atoms with Gasteiger partial charge in [0.2, 0.25) is 5.88 Å². The molecule has 0 spiro atoms. The van der Waals surface area contributed by atoms with Crippen molar-refractivity contribution < 1.29 is 14.6 Å². The number of benzene rings is 1. The normalized spacial score (nSPS) is 10.1. The lowest BCUT2D eigenvalue weighted by molar-refractivity contribution is 0.0697. The number of rotatable bonds is 6. The summed E-state index contributed by atoms with van der Waals surface area (Å²) in [7, 11) is 0. The van der Waals surface area contributed by atoms with Crippen LogP contribution in [0.4, 0.5) is 11.5 Å². The molecule has 6 nitrogen and oxygen atoms in total. The van der Waals surface area contributed by atoms with Crippen molar-refractivity contribution in [1.82, 2.24) is 9.97 Å². The van der Waals surface area contributed by atoms with Gasteiger partial charge in [-0.1, -0.05) is 6.92 Å². The third kappa shape index (κ3) is 3.68. The Kier molecular flexibility index (Phi) is 4.49. The summed E-state index contributed by atoms with van der Waals surface area (Å²) in [6.07, 6.45) is 2.32. The summed E-state index contributed by atoms with van der Waals surface area (Å²) in [6, 6.07) is 8.11. The van der Waals surface area contributed by atoms with Crippen molar-refractivity contribution in [2.75, 3.05) is 11.9 Å². The molecule has 104 valence electrons. The SMILES string of the molecule is CCCOc1cc(Nc2ccc(C(=O)O)cc2)ncn1. The van der Waals surface area contributed by atoms with Gasteiger partial charge in [0.15, 0.2) is 0 Å². The highest BCUT2D eigenvalue weighted by Crippen LogP contribution is 2.18. The van der Waals surface area contributed by atoms with Gasteiger partial charge in [0.25, 0.3) is 0 Å². The highest BCUT2D eigenvalue weighted by Gasteiger charge is 2.03. The predicted molar refractivity (Wildman–Crippen MR) is 74.5 cm³/mol. The van der Waals surface area contributed by atoms with Crippen LogP contribution in [0.25, 0.3) is 0 Å². The molecule has 0 aliphatic rings. The molecule has 6 heteroatoms. The molecule has 20 heavy (non-hydrogen) atoms. The maximum absolute atomic E-state index is 10.8. The van der Waals surface area contributed by atoms with E-state index in [1.165, 1.54) is 18.5 Å². The van der Waals surface area contributed by atoms with Crippen molar-refractivity contribution in [1.29, 1.82) is 0 Å². The van der Waals surface area contributed by atoms with E-state index in [4.69, 9.17) is 9.84 Å². The zero-order valence-corrected chi connectivity index (χ0v) is 11.0. The molecule has 1 heterocycles. The number of nitrogens with one attached hydrogen (secondary N) is 1. The van der Waals surface area contributed by atoms with E-state index in [0.29, 0.717) is 18.3 Å². The molecule has 0 aliphatic heterocycles. The van der Waals surface area contributed by atoms with Crippen molar-refractivity contribution in [3.63, 3.8) is 0 Å². The van der Waals surface area contributed by atoms with Gasteiger partial charge in [-0.05, 0) is 30.7 Å². The predicted octanol–water partition coefficient (Wildman–Crippen LogP) is 2.71. The second kappa shape index (κ2) is 6.51. The molecule has 0 aliphatic carbocycles. The van der Waals surface area contributed by atoms with Crippen molar-refractivity contribution in [3.05, 3.63) is 42.2 Å². The molecule has 0 radical (unpaired) electrons. The number of hydrogen-bond acceptors (Lipinski definition) is 5. The number of aromatic carboxylic acids is 1. The summed E-state index contributed by atoms with van der Waals surface area (Å²) < 4.78 is 5.42. The number of hydrogen-bond donors (Lipinski definition) is 2. The number of carbonyl (C=O) groups is 1. The maximum atomic E-state index is 10.8. The Balaban J connectivity index is 2.07. The fourth-order valence-electron chi connectivity index (χ4n) is 1.54. The van der Waals surface area contributed by atoms with E-state index in [1.54, 1.807) is 18.2 Å². The first kappa shape index (κ1) is 13.8. The van der Waals surface area contributed by atoms with Gasteiger partial charge in [0.05, 0.1) is 12.2 Å². The third-order valence-corrected chi connectivity index (χ3v) is 2.50. The largest absolute Gasteiger partial charge is 0.478 e. The van der Waals surface area contributed by atoms with Gasteiger partial charge in [-0.3, -0.25) is 0 Å². The van der Waals surface area contributed by atoms with Crippen LogP contribution in [0.15, 0.2) is 36.7 Å². The Morgan fingerprint density at radius 3 is 2.70 bits per heavy atom. The lowest BCUT2D eigenvalue weighted by atomic mass is 10.2. The molecule has 1 aromatic heterocycles. The monoisotopic (exact) mass is 273 g/mol. The lowest BCUT2D eigenvalue weighted by Crippen LogP contribution is -2.00. The Hall–Kier alpha value is -2.63. The van der Waals surface area contributed by atoms with E-state index in [9.17, 15) is 4.79 Å². The third-order valence-electron chi connectivity index (χ3n) is 2.50. The minimum Gasteiger partial charge on any atom is -0.478 e. The zero-order valence-electron chi connectivity index (χ0n) is 11.0. The topological polar surface area (TPSA) is 84.3 Å². The van der Waals surface area contributed by atoms with E-state index >= 15 is 0 Å². The standard InChI is InChI=1S/C14H15N3O3/c1-2-7-20-13-8-12(15-9-16-13)17-11-5-3-10(4-6-11)14(18)19/h3-6,8-9H,2,7H2,1H3,(H,18,19)(H,15,16,17). The van der Waals surface area contributed by atoms with Crippen LogP contribution in [-0.2, 0) is 0 Å². The summed E-state index contributed by atoms with van der Waals surface area (Å²) in [5.41, 5.74) is 0.986. The Bertz CT molecular complexity index is 584. The van der Waals surface area contributed by atoms with Gasteiger partial charge in [0, 0.05) is 11.8 Å². The fourth-order valence-corrected chi connectivity index (χ4v) is 1.54. The minimum atomic E-state index is -0.950. The van der Waals surface area contributed by atoms with Gasteiger partial charge in [0.1, 0.15) is 12.1 Å². The first-order chi connectivity index (χ1) is 9.69. The number of aromatic nitrogens is 2. The average Bonchev–Trinajstić information content (AvgIpc) is 2.46. The molecule has 0 atom stereocenters. The van der Waals surface area contributed by atoms with Gasteiger partial charge < -0.3 is 15.2 Å². The van der Waals surface area contributed by atoms with E-state index < -0.39 is 5.97 Å². The van der Waals surface area contributed by atoms with E-state index in [-0.39, 0.29) is 5.56 Å². The highest BCUT2D eigenvalue weighted by atomic mass is 16.5. The van der Waals surface area contributed by atoms with Crippen molar-refractivity contribution in [3.8, 4) is 5.88 Å². The maximum Gasteiger partial charge on any atom is 0.335 e. The number of carboxylic acids is 1. The molecule has 0 amide bonds. The van der Waals surface area contributed by atoms with Gasteiger partial charge >= 0.3 is 5.97 Å². The van der Waals surface area contributed by atoms with Crippen LogP contribution in [0.1, 0.15) is 23.7 Å². The quantitative estimate of drug-likeness (QED) is 0.841. The molecule has 0 saturated heterocycles.